The molecule has 1 aliphatic rings. The molecule has 8 nitrogen and oxygen atoms in total. The maximum atomic E-state index is 12.6. The van der Waals surface area contributed by atoms with E-state index >= 15 is 0 Å². The number of fused-ring (bicyclic) bond motifs is 1. The van der Waals surface area contributed by atoms with E-state index in [0.29, 0.717) is 22.7 Å². The molecule has 0 spiro atoms. The van der Waals surface area contributed by atoms with Crippen LogP contribution in [0.25, 0.3) is 11.0 Å². The summed E-state index contributed by atoms with van der Waals surface area (Å²) in [5.74, 6) is 0.987. The lowest BCUT2D eigenvalue weighted by Gasteiger charge is -2.25. The zero-order valence-corrected chi connectivity index (χ0v) is 16.4. The van der Waals surface area contributed by atoms with Gasteiger partial charge in [-0.15, -0.1) is 11.8 Å². The number of thioether (sulfide) groups is 1. The van der Waals surface area contributed by atoms with Gasteiger partial charge in [-0.2, -0.15) is 0 Å². The molecule has 28 heavy (non-hydrogen) atoms. The third-order valence-electron chi connectivity index (χ3n) is 4.18. The maximum Gasteiger partial charge on any atom is 0.253 e. The van der Waals surface area contributed by atoms with E-state index in [1.54, 1.807) is 34.7 Å². The van der Waals surface area contributed by atoms with Gasteiger partial charge in [0.05, 0.1) is 22.4 Å². The van der Waals surface area contributed by atoms with Gasteiger partial charge in [0.15, 0.2) is 11.4 Å². The molecule has 3 aromatic rings. The summed E-state index contributed by atoms with van der Waals surface area (Å²) in [6, 6.07) is 5.22. The highest BCUT2D eigenvalue weighted by Crippen LogP contribution is 2.30. The van der Waals surface area contributed by atoms with E-state index in [1.807, 2.05) is 11.0 Å². The van der Waals surface area contributed by atoms with Crippen LogP contribution in [0.5, 0.6) is 0 Å². The van der Waals surface area contributed by atoms with Gasteiger partial charge in [0.2, 0.25) is 0 Å². The van der Waals surface area contributed by atoms with Crippen molar-refractivity contribution in [2.75, 3.05) is 23.7 Å². The molecular weight excluding hydrogens is 396 g/mol. The third-order valence-corrected chi connectivity index (χ3v) is 5.54. The number of nitrogens with one attached hydrogen (secondary N) is 1. The number of thiol groups is 1. The summed E-state index contributed by atoms with van der Waals surface area (Å²) in [5.41, 5.74) is 1.12. The average Bonchev–Trinajstić information content (AvgIpc) is 3.13. The number of hydrogen-bond acceptors (Lipinski definition) is 8. The van der Waals surface area contributed by atoms with Crippen molar-refractivity contribution in [3.8, 4) is 0 Å². The highest BCUT2D eigenvalue weighted by atomic mass is 32.2. The lowest BCUT2D eigenvalue weighted by molar-refractivity contribution is -0.114. The van der Waals surface area contributed by atoms with Crippen LogP contribution in [0, 0.1) is 0 Å². The van der Waals surface area contributed by atoms with Crippen molar-refractivity contribution in [3.05, 3.63) is 59.8 Å². The molecule has 0 unspecified atom stereocenters. The van der Waals surface area contributed by atoms with Crippen LogP contribution < -0.4 is 10.2 Å². The zero-order valence-electron chi connectivity index (χ0n) is 14.6. The lowest BCUT2D eigenvalue weighted by atomic mass is 10.2. The molecule has 1 N–H and O–H groups in total. The van der Waals surface area contributed by atoms with Crippen LogP contribution in [0.1, 0.15) is 10.4 Å². The molecule has 0 atom stereocenters. The smallest absolute Gasteiger partial charge is 0.253 e. The number of carbonyl (C=O) groups excluding carboxylic acids is 2. The molecule has 10 heteroatoms. The first-order valence-electron chi connectivity index (χ1n) is 8.47. The van der Waals surface area contributed by atoms with Gasteiger partial charge in [-0.1, -0.05) is 12.8 Å². The van der Waals surface area contributed by atoms with Gasteiger partial charge >= 0.3 is 0 Å². The van der Waals surface area contributed by atoms with Crippen molar-refractivity contribution in [1.82, 2.24) is 24.2 Å². The minimum atomic E-state index is -0.327. The Labute approximate surface area is 170 Å². The fourth-order valence-electron chi connectivity index (χ4n) is 2.82. The van der Waals surface area contributed by atoms with Gasteiger partial charge in [0.25, 0.3) is 5.91 Å². The quantitative estimate of drug-likeness (QED) is 0.619. The van der Waals surface area contributed by atoms with Crippen molar-refractivity contribution in [3.63, 3.8) is 0 Å². The van der Waals surface area contributed by atoms with E-state index in [0.717, 1.165) is 17.0 Å². The number of carbonyl (C=O) groups is 2. The Bertz CT molecular complexity index is 1070. The molecule has 0 bridgehead atoms. The summed E-state index contributed by atoms with van der Waals surface area (Å²) in [6.45, 7) is 0.639. The highest BCUT2D eigenvalue weighted by Gasteiger charge is 2.21. The number of amides is 1. The van der Waals surface area contributed by atoms with Crippen LogP contribution in [0.3, 0.4) is 0 Å². The number of aromatic nitrogens is 4. The van der Waals surface area contributed by atoms with Crippen LogP contribution in [-0.2, 0) is 4.79 Å². The predicted octanol–water partition coefficient (Wildman–Crippen LogP) is 1.91. The molecule has 1 amide bonds. The van der Waals surface area contributed by atoms with Gasteiger partial charge in [-0.3, -0.25) is 18.5 Å². The molecule has 1 aliphatic heterocycles. The minimum Gasteiger partial charge on any atom is -0.345 e. The Morgan fingerprint density at radius 1 is 1.29 bits per heavy atom. The second-order valence-corrected chi connectivity index (χ2v) is 7.55. The van der Waals surface area contributed by atoms with Crippen LogP contribution in [0.4, 0.5) is 5.82 Å². The number of nitrogens with zero attached hydrogens (tertiary/aromatic N) is 5. The molecule has 142 valence electrons. The van der Waals surface area contributed by atoms with Crippen molar-refractivity contribution in [1.29, 1.82) is 0 Å². The molecule has 0 radical (unpaired) electrons. The predicted molar refractivity (Wildman–Crippen MR) is 111 cm³/mol. The van der Waals surface area contributed by atoms with Gasteiger partial charge in [-0.05, 0) is 18.2 Å². The summed E-state index contributed by atoms with van der Waals surface area (Å²) < 4.78 is 1.63. The van der Waals surface area contributed by atoms with Crippen molar-refractivity contribution in [2.45, 2.75) is 0 Å². The molecule has 3 aromatic heterocycles. The summed E-state index contributed by atoms with van der Waals surface area (Å²) in [7, 11) is 0. The summed E-state index contributed by atoms with van der Waals surface area (Å²) in [5, 5.41) is 3.50. The second kappa shape index (κ2) is 8.03. The number of ketones is 1. The second-order valence-electron chi connectivity index (χ2n) is 5.98. The Balaban J connectivity index is 1.49. The largest absolute Gasteiger partial charge is 0.345 e. The monoisotopic (exact) mass is 412 g/mol. The van der Waals surface area contributed by atoms with E-state index in [4.69, 9.17) is 0 Å². The number of rotatable bonds is 5. The molecule has 0 fully saturated rings. The zero-order chi connectivity index (χ0) is 19.5. The molecule has 4 rings (SSSR count). The van der Waals surface area contributed by atoms with Crippen molar-refractivity contribution >= 4 is 53.1 Å². The number of hydrogen-bond donors (Lipinski definition) is 2. The van der Waals surface area contributed by atoms with Crippen LogP contribution in [0.15, 0.2) is 54.2 Å². The first-order valence-corrected chi connectivity index (χ1v) is 9.86. The molecule has 0 aromatic carbocycles. The lowest BCUT2D eigenvalue weighted by Crippen LogP contribution is -2.32. The first kappa shape index (κ1) is 18.5. The minimum absolute atomic E-state index is 0.0768. The van der Waals surface area contributed by atoms with Crippen LogP contribution >= 0.6 is 24.6 Å². The fraction of sp³-hybridized carbons (Fsp3) is 0.167. The average molecular weight is 413 g/mol. The van der Waals surface area contributed by atoms with Crippen LogP contribution in [0.2, 0.25) is 0 Å². The summed E-state index contributed by atoms with van der Waals surface area (Å²) >= 11 is 5.80. The Hall–Kier alpha value is -2.85. The molecule has 0 aliphatic carbocycles. The number of pyridine rings is 1. The van der Waals surface area contributed by atoms with E-state index in [2.05, 4.69) is 33.1 Å². The number of anilines is 1. The standard InChI is InChI=1S/C18H16N6O2S2/c25-14(9-20-18(26)12-2-1-4-19-8-12)15-10-23(6-7-28-15)16-13-3-5-24(27)17(13)22-11-21-16/h1-5,8,10-11,27H,6-7,9H2,(H,20,26). The fourth-order valence-corrected chi connectivity index (χ4v) is 3.99. The van der Waals surface area contributed by atoms with Gasteiger partial charge in [0.1, 0.15) is 12.1 Å². The summed E-state index contributed by atoms with van der Waals surface area (Å²) in [6.07, 6.45) is 8.12. The van der Waals surface area contributed by atoms with E-state index in [1.165, 1.54) is 24.3 Å². The topological polar surface area (TPSA) is 93.0 Å². The maximum absolute atomic E-state index is 12.6. The molecular formula is C18H16N6O2S2. The van der Waals surface area contributed by atoms with Crippen LogP contribution in [-0.4, -0.2) is 49.5 Å². The molecule has 0 saturated carbocycles. The third kappa shape index (κ3) is 3.73. The Morgan fingerprint density at radius 2 is 2.18 bits per heavy atom. The van der Waals surface area contributed by atoms with Gasteiger partial charge in [-0.25, -0.2) is 9.97 Å². The normalized spacial score (nSPS) is 14.0. The van der Waals surface area contributed by atoms with E-state index in [-0.39, 0.29) is 18.2 Å². The van der Waals surface area contributed by atoms with E-state index < -0.39 is 0 Å². The molecule has 0 saturated heterocycles. The van der Waals surface area contributed by atoms with Gasteiger partial charge < -0.3 is 10.2 Å². The Morgan fingerprint density at radius 3 is 3.00 bits per heavy atom. The van der Waals surface area contributed by atoms with Crippen molar-refractivity contribution in [2.24, 2.45) is 0 Å². The first-order chi connectivity index (χ1) is 13.6. The summed E-state index contributed by atoms with van der Waals surface area (Å²) in [4.78, 5) is 39.7. The number of Topliss-reactive ketones (excluding diaryl/α,β-unsaturated/α-hetero) is 1. The SMILES string of the molecule is O=C(CNC(=O)c1cccnc1)C1=CN(c2ncnc3c2ccn3S)CCS1. The van der Waals surface area contributed by atoms with Gasteiger partial charge in [0, 0.05) is 37.1 Å². The Kier molecular flexibility index (Phi) is 5.31. The highest BCUT2D eigenvalue weighted by molar-refractivity contribution is 8.04. The van der Waals surface area contributed by atoms with E-state index in [9.17, 15) is 9.59 Å². The molecule has 4 heterocycles. The van der Waals surface area contributed by atoms with Crippen molar-refractivity contribution < 1.29 is 9.59 Å².